The molecule has 0 fully saturated rings. The number of fused-ring (bicyclic) bond motifs is 10. The van der Waals surface area contributed by atoms with Gasteiger partial charge in [0.1, 0.15) is 0 Å². The number of hydrogen-bond donors (Lipinski definition) is 0. The molecule has 0 atom stereocenters. The number of aromatic nitrogens is 2. The first-order chi connectivity index (χ1) is 25.8. The second-order valence-electron chi connectivity index (χ2n) is 13.7. The highest BCUT2D eigenvalue weighted by Gasteiger charge is 2.26. The predicted molar refractivity (Wildman–Crippen MR) is 220 cm³/mol. The van der Waals surface area contributed by atoms with Crippen molar-refractivity contribution in [2.75, 3.05) is 0 Å². The lowest BCUT2D eigenvalue weighted by molar-refractivity contribution is 1.09. The Hall–Kier alpha value is -5.94. The van der Waals surface area contributed by atoms with Gasteiger partial charge in [-0.05, 0) is 106 Å². The Labute approximate surface area is 309 Å². The van der Waals surface area contributed by atoms with Gasteiger partial charge in [0.2, 0.25) is 0 Å². The summed E-state index contributed by atoms with van der Waals surface area (Å²) in [6, 6.07) is 62.9. The van der Waals surface area contributed by atoms with E-state index in [0.717, 1.165) is 0 Å². The van der Waals surface area contributed by atoms with Gasteiger partial charge in [0.15, 0.2) is 0 Å². The van der Waals surface area contributed by atoms with Crippen LogP contribution in [0.2, 0.25) is 0 Å². The molecule has 8 aromatic carbocycles. The van der Waals surface area contributed by atoms with Crippen LogP contribution >= 0.6 is 23.5 Å². The standard InChI is InChI=1S/C48H28N2S2/c1-3-11-29(12-4-1)33-25-37-35-23-31(19-21-39(35)49-41-15-7-9-17-43(41)51-45(27-33)47(37)49)32-20-22-40-36(24-32)38-26-34(30-13-5-2-6-14-30)28-46-48(38)50(40)42-16-8-10-18-44(42)52-46/h1-28H. The van der Waals surface area contributed by atoms with Gasteiger partial charge in [-0.25, -0.2) is 0 Å². The molecule has 4 heteroatoms. The third kappa shape index (κ3) is 4.05. The number of benzene rings is 8. The van der Waals surface area contributed by atoms with Crippen molar-refractivity contribution in [1.82, 2.24) is 9.13 Å². The maximum absolute atomic E-state index is 2.48. The van der Waals surface area contributed by atoms with Gasteiger partial charge >= 0.3 is 0 Å². The van der Waals surface area contributed by atoms with Gasteiger partial charge < -0.3 is 9.13 Å². The van der Waals surface area contributed by atoms with Crippen LogP contribution in [0.4, 0.5) is 0 Å². The molecule has 10 aromatic rings. The molecule has 0 radical (unpaired) electrons. The molecule has 12 rings (SSSR count). The monoisotopic (exact) mass is 696 g/mol. The summed E-state index contributed by atoms with van der Waals surface area (Å²) in [5.74, 6) is 0. The maximum Gasteiger partial charge on any atom is 0.0681 e. The van der Waals surface area contributed by atoms with Gasteiger partial charge in [0.05, 0.1) is 33.4 Å². The molecule has 0 spiro atoms. The summed E-state index contributed by atoms with van der Waals surface area (Å²) in [6.45, 7) is 0. The zero-order valence-corrected chi connectivity index (χ0v) is 29.5. The van der Waals surface area contributed by atoms with E-state index < -0.39 is 0 Å². The molecule has 4 heterocycles. The maximum atomic E-state index is 2.48. The number of nitrogens with zero attached hydrogens (tertiary/aromatic N) is 2. The number of hydrogen-bond acceptors (Lipinski definition) is 2. The molecule has 0 aliphatic carbocycles. The van der Waals surface area contributed by atoms with Crippen LogP contribution in [0, 0.1) is 0 Å². The predicted octanol–water partition coefficient (Wildman–Crippen LogP) is 13.8. The van der Waals surface area contributed by atoms with Crippen molar-refractivity contribution >= 4 is 67.1 Å². The zero-order valence-electron chi connectivity index (χ0n) is 27.9. The first-order valence-electron chi connectivity index (χ1n) is 17.7. The number of para-hydroxylation sites is 2. The summed E-state index contributed by atoms with van der Waals surface area (Å²) >= 11 is 3.77. The molecule has 0 bridgehead atoms. The first kappa shape index (κ1) is 28.7. The van der Waals surface area contributed by atoms with Crippen molar-refractivity contribution in [3.63, 3.8) is 0 Å². The van der Waals surface area contributed by atoms with E-state index in [1.165, 1.54) is 108 Å². The van der Waals surface area contributed by atoms with E-state index in [2.05, 4.69) is 179 Å². The van der Waals surface area contributed by atoms with Crippen molar-refractivity contribution in [2.45, 2.75) is 19.6 Å². The third-order valence-corrected chi connectivity index (χ3v) is 13.0. The molecule has 0 unspecified atom stereocenters. The summed E-state index contributed by atoms with van der Waals surface area (Å²) < 4.78 is 4.97. The van der Waals surface area contributed by atoms with Gasteiger partial charge in [-0.2, -0.15) is 0 Å². The second kappa shape index (κ2) is 10.8. The van der Waals surface area contributed by atoms with Gasteiger partial charge in [-0.3, -0.25) is 0 Å². The molecule has 2 nitrogen and oxygen atoms in total. The Morgan fingerprint density at radius 1 is 0.288 bits per heavy atom. The first-order valence-corrected chi connectivity index (χ1v) is 19.3. The Balaban J connectivity index is 1.11. The fraction of sp³-hybridized carbons (Fsp3) is 0. The molecule has 2 aromatic heterocycles. The average Bonchev–Trinajstić information content (AvgIpc) is 3.72. The Bertz CT molecular complexity index is 2900. The van der Waals surface area contributed by atoms with E-state index in [-0.39, 0.29) is 0 Å². The lowest BCUT2D eigenvalue weighted by Crippen LogP contribution is -2.01. The van der Waals surface area contributed by atoms with Crippen molar-refractivity contribution in [3.8, 4) is 44.8 Å². The average molecular weight is 697 g/mol. The van der Waals surface area contributed by atoms with Crippen molar-refractivity contribution in [3.05, 3.63) is 170 Å². The topological polar surface area (TPSA) is 9.86 Å². The molecule has 0 N–H and O–H groups in total. The highest BCUT2D eigenvalue weighted by molar-refractivity contribution is 8.00. The van der Waals surface area contributed by atoms with Crippen molar-refractivity contribution in [2.24, 2.45) is 0 Å². The Kier molecular flexibility index (Phi) is 5.96. The Morgan fingerprint density at radius 3 is 1.15 bits per heavy atom. The van der Waals surface area contributed by atoms with E-state index in [0.29, 0.717) is 0 Å². The van der Waals surface area contributed by atoms with E-state index >= 15 is 0 Å². The molecule has 242 valence electrons. The minimum atomic E-state index is 1.23. The van der Waals surface area contributed by atoms with Crippen LogP contribution in [-0.4, -0.2) is 9.13 Å². The molecule has 2 aliphatic rings. The zero-order chi connectivity index (χ0) is 33.9. The van der Waals surface area contributed by atoms with Crippen molar-refractivity contribution in [1.29, 1.82) is 0 Å². The minimum absolute atomic E-state index is 1.23. The van der Waals surface area contributed by atoms with E-state index in [1.54, 1.807) is 0 Å². The SMILES string of the molecule is c1ccc(-c2cc3c4c(c2)c2cc(-c5ccc6c(c5)c5cc(-c7ccccc7)cc7c5n6-c5ccccc5S7)ccc2n4-c2ccccc2S3)cc1. The molecular formula is C48H28N2S2. The van der Waals surface area contributed by atoms with Gasteiger partial charge in [0.25, 0.3) is 0 Å². The van der Waals surface area contributed by atoms with Crippen LogP contribution in [0.25, 0.3) is 88.4 Å². The fourth-order valence-electron chi connectivity index (χ4n) is 8.53. The second-order valence-corrected chi connectivity index (χ2v) is 15.9. The van der Waals surface area contributed by atoms with Gasteiger partial charge in [-0.15, -0.1) is 0 Å². The third-order valence-electron chi connectivity index (χ3n) is 10.9. The molecular weight excluding hydrogens is 669 g/mol. The molecule has 0 saturated heterocycles. The number of rotatable bonds is 3. The van der Waals surface area contributed by atoms with Gasteiger partial charge in [-0.1, -0.05) is 121 Å². The highest BCUT2D eigenvalue weighted by atomic mass is 32.2. The summed E-state index contributed by atoms with van der Waals surface area (Å²) in [5, 5.41) is 5.15. The highest BCUT2D eigenvalue weighted by Crippen LogP contribution is 2.51. The quantitative estimate of drug-likeness (QED) is 0.182. The molecule has 2 aliphatic heterocycles. The van der Waals surface area contributed by atoms with Crippen LogP contribution in [0.3, 0.4) is 0 Å². The van der Waals surface area contributed by atoms with E-state index in [1.807, 2.05) is 23.5 Å². The normalized spacial score (nSPS) is 12.8. The van der Waals surface area contributed by atoms with Crippen LogP contribution in [0.1, 0.15) is 0 Å². The van der Waals surface area contributed by atoms with E-state index in [9.17, 15) is 0 Å². The van der Waals surface area contributed by atoms with Gasteiger partial charge in [0, 0.05) is 41.1 Å². The molecule has 0 saturated carbocycles. The molecule has 0 amide bonds. The Morgan fingerprint density at radius 2 is 0.692 bits per heavy atom. The summed E-state index contributed by atoms with van der Waals surface area (Å²) in [6.07, 6.45) is 0. The lowest BCUT2D eigenvalue weighted by atomic mass is 9.98. The largest absolute Gasteiger partial charge is 0.307 e. The fourth-order valence-corrected chi connectivity index (χ4v) is 10.8. The molecule has 52 heavy (non-hydrogen) atoms. The summed E-state index contributed by atoms with van der Waals surface area (Å²) in [7, 11) is 0. The lowest BCUT2D eigenvalue weighted by Gasteiger charge is -2.20. The van der Waals surface area contributed by atoms with Crippen LogP contribution in [0.5, 0.6) is 0 Å². The van der Waals surface area contributed by atoms with E-state index in [4.69, 9.17) is 0 Å². The van der Waals surface area contributed by atoms with Crippen molar-refractivity contribution < 1.29 is 0 Å². The van der Waals surface area contributed by atoms with Crippen LogP contribution in [-0.2, 0) is 0 Å². The smallest absolute Gasteiger partial charge is 0.0681 e. The summed E-state index contributed by atoms with van der Waals surface area (Å²) in [4.78, 5) is 5.18. The van der Waals surface area contributed by atoms with Crippen LogP contribution < -0.4 is 0 Å². The minimum Gasteiger partial charge on any atom is -0.307 e. The van der Waals surface area contributed by atoms with Crippen LogP contribution in [0.15, 0.2) is 189 Å². The summed E-state index contributed by atoms with van der Waals surface area (Å²) in [5.41, 5.74) is 15.0.